The van der Waals surface area contributed by atoms with E-state index in [9.17, 15) is 9.90 Å². The first-order chi connectivity index (χ1) is 14.1. The summed E-state index contributed by atoms with van der Waals surface area (Å²) >= 11 is 0. The van der Waals surface area contributed by atoms with Gasteiger partial charge < -0.3 is 5.11 Å². The Morgan fingerprint density at radius 1 is 1.00 bits per heavy atom. The van der Waals surface area contributed by atoms with Gasteiger partial charge in [0.25, 0.3) is 0 Å². The average Bonchev–Trinajstić information content (AvgIpc) is 2.75. The van der Waals surface area contributed by atoms with Gasteiger partial charge in [-0.2, -0.15) is 0 Å². The van der Waals surface area contributed by atoms with Crippen molar-refractivity contribution in [1.29, 1.82) is 0 Å². The second kappa shape index (κ2) is 10.4. The molecule has 0 atom stereocenters. The molecule has 0 unspecified atom stereocenters. The standard InChI is InChI=1S/C27H34O2/c1-3-5-6-8-21-11-15-23(16-12-21)26-19-24(17-18-25(26)27(28)29)22-13-9-20(7-4-2)10-14-22/h6,8,11-12,15-20,22H,3-5,7,9-10,13-14H2,1-2H3,(H,28,29)/b8-6+. The molecule has 1 saturated carbocycles. The number of allylic oxidation sites excluding steroid dienone is 1. The zero-order valence-electron chi connectivity index (χ0n) is 17.9. The van der Waals surface area contributed by atoms with Crippen LogP contribution in [0.1, 0.15) is 92.6 Å². The molecule has 2 aromatic rings. The second-order valence-electron chi connectivity index (χ2n) is 8.43. The molecular formula is C27H34O2. The van der Waals surface area contributed by atoms with Crippen molar-refractivity contribution in [3.05, 3.63) is 65.2 Å². The molecule has 1 fully saturated rings. The van der Waals surface area contributed by atoms with Crippen LogP contribution in [-0.4, -0.2) is 11.1 Å². The van der Waals surface area contributed by atoms with E-state index in [0.717, 1.165) is 35.4 Å². The zero-order valence-corrected chi connectivity index (χ0v) is 17.9. The van der Waals surface area contributed by atoms with Crippen molar-refractivity contribution in [2.45, 2.75) is 71.1 Å². The number of carboxylic acid groups (broad SMARTS) is 1. The van der Waals surface area contributed by atoms with Crippen LogP contribution in [0.4, 0.5) is 0 Å². The molecule has 0 spiro atoms. The first-order valence-electron chi connectivity index (χ1n) is 11.3. The second-order valence-corrected chi connectivity index (χ2v) is 8.43. The number of unbranched alkanes of at least 4 members (excludes halogenated alkanes) is 1. The summed E-state index contributed by atoms with van der Waals surface area (Å²) in [7, 11) is 0. The van der Waals surface area contributed by atoms with Gasteiger partial charge in [0.1, 0.15) is 0 Å². The van der Waals surface area contributed by atoms with Crippen molar-refractivity contribution in [2.24, 2.45) is 5.92 Å². The van der Waals surface area contributed by atoms with E-state index in [-0.39, 0.29) is 0 Å². The SMILES string of the molecule is CCC/C=C/c1ccc(-c2cc(C3CCC(CCC)CC3)ccc2C(=O)O)cc1. The van der Waals surface area contributed by atoms with E-state index in [4.69, 9.17) is 0 Å². The van der Waals surface area contributed by atoms with Gasteiger partial charge >= 0.3 is 5.97 Å². The Kier molecular flexibility index (Phi) is 7.69. The summed E-state index contributed by atoms with van der Waals surface area (Å²) in [5.74, 6) is 0.577. The summed E-state index contributed by atoms with van der Waals surface area (Å²) in [4.78, 5) is 11.8. The molecule has 0 aromatic heterocycles. The Morgan fingerprint density at radius 3 is 2.34 bits per heavy atom. The molecule has 2 aromatic carbocycles. The van der Waals surface area contributed by atoms with Crippen LogP contribution in [-0.2, 0) is 0 Å². The molecule has 1 aliphatic rings. The minimum absolute atomic E-state index is 0.391. The van der Waals surface area contributed by atoms with Crippen LogP contribution in [0.2, 0.25) is 0 Å². The molecule has 3 rings (SSSR count). The first kappa shape index (κ1) is 21.4. The van der Waals surface area contributed by atoms with Crippen LogP contribution in [0.5, 0.6) is 0 Å². The van der Waals surface area contributed by atoms with Crippen LogP contribution >= 0.6 is 0 Å². The van der Waals surface area contributed by atoms with Crippen LogP contribution in [0, 0.1) is 5.92 Å². The van der Waals surface area contributed by atoms with E-state index in [1.54, 1.807) is 6.07 Å². The lowest BCUT2D eigenvalue weighted by molar-refractivity contribution is 0.0697. The van der Waals surface area contributed by atoms with Crippen molar-refractivity contribution in [3.8, 4) is 11.1 Å². The number of rotatable bonds is 8. The molecule has 0 heterocycles. The molecule has 0 saturated heterocycles. The highest BCUT2D eigenvalue weighted by Gasteiger charge is 2.23. The molecule has 0 bridgehead atoms. The summed E-state index contributed by atoms with van der Waals surface area (Å²) < 4.78 is 0. The molecular weight excluding hydrogens is 356 g/mol. The third-order valence-corrected chi connectivity index (χ3v) is 6.28. The number of hydrogen-bond acceptors (Lipinski definition) is 1. The molecule has 1 N–H and O–H groups in total. The van der Waals surface area contributed by atoms with Gasteiger partial charge in [-0.3, -0.25) is 0 Å². The average molecular weight is 391 g/mol. The summed E-state index contributed by atoms with van der Waals surface area (Å²) in [6.45, 7) is 4.44. The molecule has 1 aliphatic carbocycles. The first-order valence-corrected chi connectivity index (χ1v) is 11.3. The van der Waals surface area contributed by atoms with Gasteiger partial charge in [0.05, 0.1) is 5.56 Å². The Balaban J connectivity index is 1.83. The van der Waals surface area contributed by atoms with Gasteiger partial charge in [0.2, 0.25) is 0 Å². The highest BCUT2D eigenvalue weighted by Crippen LogP contribution is 2.39. The van der Waals surface area contributed by atoms with Crippen molar-refractivity contribution >= 4 is 12.0 Å². The van der Waals surface area contributed by atoms with Crippen LogP contribution in [0.15, 0.2) is 48.5 Å². The molecule has 2 nitrogen and oxygen atoms in total. The maximum absolute atomic E-state index is 11.8. The Hall–Kier alpha value is -2.35. The Morgan fingerprint density at radius 2 is 1.72 bits per heavy atom. The van der Waals surface area contributed by atoms with Crippen molar-refractivity contribution in [2.75, 3.05) is 0 Å². The Bertz CT molecular complexity index is 824. The summed E-state index contributed by atoms with van der Waals surface area (Å²) in [5, 5.41) is 9.71. The fourth-order valence-corrected chi connectivity index (χ4v) is 4.59. The van der Waals surface area contributed by atoms with E-state index >= 15 is 0 Å². The molecule has 154 valence electrons. The summed E-state index contributed by atoms with van der Waals surface area (Å²) in [5.41, 5.74) is 4.67. The molecule has 0 radical (unpaired) electrons. The molecule has 2 heteroatoms. The maximum atomic E-state index is 11.8. The lowest BCUT2D eigenvalue weighted by Gasteiger charge is -2.29. The van der Waals surface area contributed by atoms with E-state index in [0.29, 0.717) is 11.5 Å². The summed E-state index contributed by atoms with van der Waals surface area (Å²) in [6.07, 6.45) is 14.2. The van der Waals surface area contributed by atoms with Crippen molar-refractivity contribution < 1.29 is 9.90 Å². The minimum Gasteiger partial charge on any atom is -0.478 e. The van der Waals surface area contributed by atoms with E-state index in [1.165, 1.54) is 44.1 Å². The van der Waals surface area contributed by atoms with E-state index in [1.807, 2.05) is 6.07 Å². The predicted octanol–water partition coefficient (Wildman–Crippen LogP) is 7.94. The minimum atomic E-state index is -0.856. The smallest absolute Gasteiger partial charge is 0.336 e. The van der Waals surface area contributed by atoms with Gasteiger partial charge in [0, 0.05) is 0 Å². The molecule has 29 heavy (non-hydrogen) atoms. The Labute approximate surface area is 175 Å². The number of carbonyl (C=O) groups is 1. The van der Waals surface area contributed by atoms with Crippen LogP contribution in [0.3, 0.4) is 0 Å². The predicted molar refractivity (Wildman–Crippen MR) is 122 cm³/mol. The highest BCUT2D eigenvalue weighted by atomic mass is 16.4. The number of carboxylic acids is 1. The van der Waals surface area contributed by atoms with Gasteiger partial charge in [-0.1, -0.05) is 81.7 Å². The van der Waals surface area contributed by atoms with Gasteiger partial charge in [0.15, 0.2) is 0 Å². The third kappa shape index (κ3) is 5.59. The third-order valence-electron chi connectivity index (χ3n) is 6.28. The monoisotopic (exact) mass is 390 g/mol. The fraction of sp³-hybridized carbons (Fsp3) is 0.444. The maximum Gasteiger partial charge on any atom is 0.336 e. The number of aromatic carboxylic acids is 1. The summed E-state index contributed by atoms with van der Waals surface area (Å²) in [6, 6.07) is 14.2. The number of benzene rings is 2. The van der Waals surface area contributed by atoms with Gasteiger partial charge in [-0.15, -0.1) is 0 Å². The lowest BCUT2D eigenvalue weighted by atomic mass is 9.76. The van der Waals surface area contributed by atoms with Gasteiger partial charge in [-0.25, -0.2) is 4.79 Å². The quantitative estimate of drug-likeness (QED) is 0.496. The molecule has 0 aliphatic heterocycles. The van der Waals surface area contributed by atoms with Crippen LogP contribution in [0.25, 0.3) is 17.2 Å². The topological polar surface area (TPSA) is 37.3 Å². The fourth-order valence-electron chi connectivity index (χ4n) is 4.59. The van der Waals surface area contributed by atoms with Crippen molar-refractivity contribution in [1.82, 2.24) is 0 Å². The largest absolute Gasteiger partial charge is 0.478 e. The highest BCUT2D eigenvalue weighted by molar-refractivity contribution is 5.96. The lowest BCUT2D eigenvalue weighted by Crippen LogP contribution is -2.13. The number of hydrogen-bond donors (Lipinski definition) is 1. The van der Waals surface area contributed by atoms with Crippen LogP contribution < -0.4 is 0 Å². The zero-order chi connectivity index (χ0) is 20.6. The van der Waals surface area contributed by atoms with Crippen molar-refractivity contribution in [3.63, 3.8) is 0 Å². The van der Waals surface area contributed by atoms with E-state index in [2.05, 4.69) is 56.3 Å². The normalized spacial score (nSPS) is 19.5. The van der Waals surface area contributed by atoms with Gasteiger partial charge in [-0.05, 0) is 72.3 Å². The van der Waals surface area contributed by atoms with E-state index < -0.39 is 5.97 Å². The molecule has 0 amide bonds.